The van der Waals surface area contributed by atoms with Gasteiger partial charge in [-0.1, -0.05) is 53.8 Å². The van der Waals surface area contributed by atoms with Gasteiger partial charge in [-0.05, 0) is 11.6 Å². The molecule has 0 saturated heterocycles. The van der Waals surface area contributed by atoms with E-state index in [1.165, 1.54) is 35.6 Å². The molecule has 9 heteroatoms. The van der Waals surface area contributed by atoms with Crippen molar-refractivity contribution >= 4 is 39.1 Å². The minimum absolute atomic E-state index is 0.0297. The van der Waals surface area contributed by atoms with Gasteiger partial charge in [0.15, 0.2) is 0 Å². The third-order valence-corrected chi connectivity index (χ3v) is 4.69. The predicted molar refractivity (Wildman–Crippen MR) is 107 cm³/mol. The van der Waals surface area contributed by atoms with Crippen LogP contribution in [0.5, 0.6) is 0 Å². The first-order valence-electron chi connectivity index (χ1n) is 8.24. The van der Waals surface area contributed by atoms with Crippen molar-refractivity contribution in [2.75, 3.05) is 5.32 Å². The highest BCUT2D eigenvalue weighted by molar-refractivity contribution is 7.20. The molecular weight excluding hydrogens is 378 g/mol. The van der Waals surface area contributed by atoms with Crippen molar-refractivity contribution in [3.63, 3.8) is 0 Å². The Morgan fingerprint density at radius 1 is 1.18 bits per heavy atom. The van der Waals surface area contributed by atoms with Crippen molar-refractivity contribution in [2.24, 2.45) is 0 Å². The zero-order chi connectivity index (χ0) is 19.5. The largest absolute Gasteiger partial charge is 0.297 e. The van der Waals surface area contributed by atoms with Crippen LogP contribution in [0.15, 0.2) is 66.9 Å². The average molecular weight is 391 g/mol. The fourth-order valence-electron chi connectivity index (χ4n) is 2.56. The van der Waals surface area contributed by atoms with Crippen LogP contribution >= 0.6 is 11.3 Å². The predicted octanol–water partition coefficient (Wildman–Crippen LogP) is 4.02. The summed E-state index contributed by atoms with van der Waals surface area (Å²) < 4.78 is 1.62. The molecule has 2 aromatic heterocycles. The molecule has 28 heavy (non-hydrogen) atoms. The number of non-ortho nitro benzene ring substituents is 1. The average Bonchev–Trinajstić information content (AvgIpc) is 3.26. The van der Waals surface area contributed by atoms with Crippen LogP contribution in [-0.2, 0) is 4.79 Å². The Hall–Kier alpha value is -3.85. The number of carbonyl (C=O) groups is 1. The van der Waals surface area contributed by atoms with Crippen LogP contribution in [0.1, 0.15) is 5.56 Å². The summed E-state index contributed by atoms with van der Waals surface area (Å²) in [6.07, 6.45) is 4.61. The minimum atomic E-state index is -0.480. The third kappa shape index (κ3) is 3.79. The van der Waals surface area contributed by atoms with Gasteiger partial charge in [0.05, 0.1) is 16.8 Å². The number of rotatable bonds is 5. The number of benzene rings is 2. The van der Waals surface area contributed by atoms with Crippen molar-refractivity contribution in [1.29, 1.82) is 0 Å². The van der Waals surface area contributed by atoms with Gasteiger partial charge >= 0.3 is 0 Å². The summed E-state index contributed by atoms with van der Waals surface area (Å²) in [5.74, 6) is -0.383. The van der Waals surface area contributed by atoms with Gasteiger partial charge in [0, 0.05) is 23.8 Å². The zero-order valence-electron chi connectivity index (χ0n) is 14.4. The second kappa shape index (κ2) is 7.41. The number of amides is 1. The van der Waals surface area contributed by atoms with Crippen LogP contribution in [0.25, 0.3) is 22.3 Å². The number of nitrogens with zero attached hydrogens (tertiary/aromatic N) is 4. The first kappa shape index (κ1) is 17.6. The van der Waals surface area contributed by atoms with E-state index in [1.807, 2.05) is 30.3 Å². The smallest absolute Gasteiger partial charge is 0.270 e. The third-order valence-electron chi connectivity index (χ3n) is 3.85. The number of hydrogen-bond acceptors (Lipinski definition) is 6. The van der Waals surface area contributed by atoms with E-state index >= 15 is 0 Å². The molecule has 8 nitrogen and oxygen atoms in total. The quantitative estimate of drug-likeness (QED) is 0.314. The number of anilines is 1. The maximum absolute atomic E-state index is 12.1. The van der Waals surface area contributed by atoms with Gasteiger partial charge in [-0.25, -0.2) is 9.50 Å². The molecule has 0 aliphatic heterocycles. The first-order chi connectivity index (χ1) is 13.6. The van der Waals surface area contributed by atoms with Crippen LogP contribution in [0.4, 0.5) is 10.8 Å². The number of nitro groups is 1. The lowest BCUT2D eigenvalue weighted by molar-refractivity contribution is -0.384. The van der Waals surface area contributed by atoms with Crippen LogP contribution in [0.2, 0.25) is 0 Å². The molecule has 0 atom stereocenters. The van der Waals surface area contributed by atoms with Crippen molar-refractivity contribution in [1.82, 2.24) is 14.6 Å². The SMILES string of the molecule is O=C(/C=C/c1cccc([N+](=O)[O-])c1)Nc1nn2cc(-c3ccccc3)nc2s1. The maximum Gasteiger partial charge on any atom is 0.270 e. The summed E-state index contributed by atoms with van der Waals surface area (Å²) in [4.78, 5) is 27.6. The van der Waals surface area contributed by atoms with Crippen molar-refractivity contribution < 1.29 is 9.72 Å². The Balaban J connectivity index is 1.46. The topological polar surface area (TPSA) is 102 Å². The van der Waals surface area contributed by atoms with Gasteiger partial charge < -0.3 is 0 Å². The van der Waals surface area contributed by atoms with Gasteiger partial charge in [0.1, 0.15) is 0 Å². The molecule has 0 unspecified atom stereocenters. The molecule has 0 radical (unpaired) electrons. The van der Waals surface area contributed by atoms with Crippen LogP contribution < -0.4 is 5.32 Å². The summed E-state index contributed by atoms with van der Waals surface area (Å²) in [5, 5.41) is 18.2. The van der Waals surface area contributed by atoms with E-state index in [0.29, 0.717) is 15.7 Å². The van der Waals surface area contributed by atoms with E-state index < -0.39 is 4.92 Å². The highest BCUT2D eigenvalue weighted by Gasteiger charge is 2.11. The molecule has 0 aliphatic rings. The zero-order valence-corrected chi connectivity index (χ0v) is 15.2. The Kier molecular flexibility index (Phi) is 4.65. The molecule has 1 N–H and O–H groups in total. The Morgan fingerprint density at radius 2 is 2.00 bits per heavy atom. The molecule has 4 aromatic rings. The summed E-state index contributed by atoms with van der Waals surface area (Å²) in [5.41, 5.74) is 2.33. The lowest BCUT2D eigenvalue weighted by Crippen LogP contribution is -2.07. The number of fused-ring (bicyclic) bond motifs is 1. The van der Waals surface area contributed by atoms with Gasteiger partial charge in [-0.15, -0.1) is 5.10 Å². The second-order valence-electron chi connectivity index (χ2n) is 5.80. The van der Waals surface area contributed by atoms with Gasteiger partial charge in [-0.2, -0.15) is 0 Å². The molecule has 0 fully saturated rings. The van der Waals surface area contributed by atoms with Crippen molar-refractivity contribution in [3.8, 4) is 11.3 Å². The first-order valence-corrected chi connectivity index (χ1v) is 9.05. The molecular formula is C19H13N5O3S. The number of aromatic nitrogens is 3. The van der Waals surface area contributed by atoms with Gasteiger partial charge in [0.25, 0.3) is 5.69 Å². The molecule has 2 heterocycles. The molecule has 0 bridgehead atoms. The standard InChI is InChI=1S/C19H13N5O3S/c25-17(10-9-13-5-4-8-15(11-13)24(26)27)21-18-22-23-12-16(20-19(23)28-18)14-6-2-1-3-7-14/h1-12H,(H,21,22,25)/b10-9+. The molecule has 1 amide bonds. The molecule has 138 valence electrons. The van der Waals surface area contributed by atoms with E-state index in [4.69, 9.17) is 0 Å². The van der Waals surface area contributed by atoms with Crippen molar-refractivity contribution in [2.45, 2.75) is 0 Å². The summed E-state index contributed by atoms with van der Waals surface area (Å²) in [7, 11) is 0. The highest BCUT2D eigenvalue weighted by atomic mass is 32.1. The lowest BCUT2D eigenvalue weighted by atomic mass is 10.2. The summed E-state index contributed by atoms with van der Waals surface area (Å²) >= 11 is 1.25. The van der Waals surface area contributed by atoms with E-state index in [2.05, 4.69) is 15.4 Å². The fraction of sp³-hybridized carbons (Fsp3) is 0. The Morgan fingerprint density at radius 3 is 2.75 bits per heavy atom. The fourth-order valence-corrected chi connectivity index (χ4v) is 3.34. The molecule has 0 aliphatic carbocycles. The van der Waals surface area contributed by atoms with Gasteiger partial charge in [0.2, 0.25) is 16.0 Å². The summed E-state index contributed by atoms with van der Waals surface area (Å²) in [6.45, 7) is 0. The second-order valence-corrected chi connectivity index (χ2v) is 6.76. The Labute approximate surface area is 162 Å². The van der Waals surface area contributed by atoms with Crippen LogP contribution in [-0.4, -0.2) is 25.4 Å². The number of nitrogens with one attached hydrogen (secondary N) is 1. The normalized spacial score (nSPS) is 11.1. The molecule has 0 spiro atoms. The van der Waals surface area contributed by atoms with Crippen LogP contribution in [0.3, 0.4) is 0 Å². The Bertz CT molecular complexity index is 1170. The van der Waals surface area contributed by atoms with Crippen molar-refractivity contribution in [3.05, 3.63) is 82.5 Å². The highest BCUT2D eigenvalue weighted by Crippen LogP contribution is 2.24. The number of carbonyl (C=O) groups excluding carboxylic acids is 1. The molecule has 2 aromatic carbocycles. The lowest BCUT2D eigenvalue weighted by Gasteiger charge is -1.96. The number of nitro benzene ring substituents is 1. The monoisotopic (exact) mass is 391 g/mol. The number of hydrogen-bond donors (Lipinski definition) is 1. The molecule has 0 saturated carbocycles. The minimum Gasteiger partial charge on any atom is -0.297 e. The van der Waals surface area contributed by atoms with Crippen LogP contribution in [0, 0.1) is 10.1 Å². The van der Waals surface area contributed by atoms with E-state index in [1.54, 1.807) is 22.8 Å². The van der Waals surface area contributed by atoms with E-state index in [0.717, 1.165) is 11.3 Å². The van der Waals surface area contributed by atoms with E-state index in [9.17, 15) is 14.9 Å². The summed E-state index contributed by atoms with van der Waals surface area (Å²) in [6, 6.07) is 15.8. The molecule has 4 rings (SSSR count). The van der Waals surface area contributed by atoms with Gasteiger partial charge in [-0.3, -0.25) is 20.2 Å². The van der Waals surface area contributed by atoms with E-state index in [-0.39, 0.29) is 11.6 Å². The maximum atomic E-state index is 12.1. The number of imidazole rings is 1.